The van der Waals surface area contributed by atoms with Crippen LogP contribution >= 0.6 is 0 Å². The molecule has 1 fully saturated rings. The summed E-state index contributed by atoms with van der Waals surface area (Å²) in [5, 5.41) is 7.45. The SMILES string of the molecule is Cc1noc(C)c1CNCc1cccc(CN2CCC[C@@H](C(N)=O)C2)c1. The molecule has 3 rings (SSSR count). The molecule has 1 aliphatic rings. The van der Waals surface area contributed by atoms with E-state index in [0.29, 0.717) is 0 Å². The zero-order valence-electron chi connectivity index (χ0n) is 15.6. The highest BCUT2D eigenvalue weighted by Gasteiger charge is 2.23. The highest BCUT2D eigenvalue weighted by molar-refractivity contribution is 5.76. The van der Waals surface area contributed by atoms with Crippen LogP contribution in [0.5, 0.6) is 0 Å². The van der Waals surface area contributed by atoms with E-state index >= 15 is 0 Å². The normalized spacial score (nSPS) is 18.2. The molecule has 1 aliphatic heterocycles. The second kappa shape index (κ2) is 8.47. The number of nitrogens with one attached hydrogen (secondary N) is 1. The van der Waals surface area contributed by atoms with Crippen LogP contribution in [0.15, 0.2) is 28.8 Å². The summed E-state index contributed by atoms with van der Waals surface area (Å²) in [6.45, 7) is 8.10. The van der Waals surface area contributed by atoms with Gasteiger partial charge in [0.05, 0.1) is 11.6 Å². The maximum atomic E-state index is 11.4. The number of amides is 1. The van der Waals surface area contributed by atoms with Crippen LogP contribution in [0.25, 0.3) is 0 Å². The Bertz CT molecular complexity index is 737. The highest BCUT2D eigenvalue weighted by atomic mass is 16.5. The van der Waals surface area contributed by atoms with Crippen molar-refractivity contribution in [2.45, 2.75) is 46.3 Å². The van der Waals surface area contributed by atoms with Gasteiger partial charge in [0.1, 0.15) is 5.76 Å². The lowest BCUT2D eigenvalue weighted by Crippen LogP contribution is -2.40. The first-order valence-corrected chi connectivity index (χ1v) is 9.25. The van der Waals surface area contributed by atoms with Gasteiger partial charge in [0.2, 0.25) is 5.91 Å². The van der Waals surface area contributed by atoms with Gasteiger partial charge in [-0.05, 0) is 44.4 Å². The molecule has 6 nitrogen and oxygen atoms in total. The lowest BCUT2D eigenvalue weighted by atomic mass is 9.97. The van der Waals surface area contributed by atoms with Crippen molar-refractivity contribution in [3.05, 3.63) is 52.4 Å². The molecular formula is C20H28N4O2. The van der Waals surface area contributed by atoms with Crippen molar-refractivity contribution in [1.82, 2.24) is 15.4 Å². The molecule has 140 valence electrons. The molecule has 1 saturated heterocycles. The molecule has 1 atom stereocenters. The molecule has 3 N–H and O–H groups in total. The van der Waals surface area contributed by atoms with Crippen molar-refractivity contribution in [3.8, 4) is 0 Å². The number of hydrogen-bond acceptors (Lipinski definition) is 5. The predicted octanol–water partition coefficient (Wildman–Crippen LogP) is 2.28. The number of carbonyl (C=O) groups is 1. The summed E-state index contributed by atoms with van der Waals surface area (Å²) in [5.74, 6) is 0.688. The standard InChI is InChI=1S/C20H28N4O2/c1-14-19(15(2)26-23-14)11-22-10-16-5-3-6-17(9-16)12-24-8-4-7-18(13-24)20(21)25/h3,5-6,9,18,22H,4,7-8,10-13H2,1-2H3,(H2,21,25)/t18-/m1/s1. The Morgan fingerprint density at radius 2 is 2.15 bits per heavy atom. The summed E-state index contributed by atoms with van der Waals surface area (Å²) in [4.78, 5) is 13.8. The molecule has 6 heteroatoms. The maximum Gasteiger partial charge on any atom is 0.221 e. The van der Waals surface area contributed by atoms with E-state index in [4.69, 9.17) is 10.3 Å². The predicted molar refractivity (Wildman–Crippen MR) is 100 cm³/mol. The number of nitrogens with two attached hydrogens (primary N) is 1. The van der Waals surface area contributed by atoms with Gasteiger partial charge >= 0.3 is 0 Å². The van der Waals surface area contributed by atoms with Crippen LogP contribution < -0.4 is 11.1 Å². The lowest BCUT2D eigenvalue weighted by Gasteiger charge is -2.31. The summed E-state index contributed by atoms with van der Waals surface area (Å²) < 4.78 is 5.20. The summed E-state index contributed by atoms with van der Waals surface area (Å²) in [5.41, 5.74) is 10.1. The minimum atomic E-state index is -0.174. The van der Waals surface area contributed by atoms with Gasteiger partial charge < -0.3 is 15.6 Å². The van der Waals surface area contributed by atoms with E-state index in [-0.39, 0.29) is 11.8 Å². The molecule has 2 aromatic rings. The minimum absolute atomic E-state index is 0.0105. The minimum Gasteiger partial charge on any atom is -0.369 e. The molecule has 0 spiro atoms. The Labute approximate surface area is 154 Å². The van der Waals surface area contributed by atoms with Crippen LogP contribution in [-0.2, 0) is 24.4 Å². The number of likely N-dealkylation sites (tertiary alicyclic amines) is 1. The second-order valence-electron chi connectivity index (χ2n) is 7.20. The van der Waals surface area contributed by atoms with Gasteiger partial charge in [0.15, 0.2) is 0 Å². The number of aryl methyl sites for hydroxylation is 2. The molecule has 1 amide bonds. The van der Waals surface area contributed by atoms with Crippen molar-refractivity contribution >= 4 is 5.91 Å². The molecule has 0 unspecified atom stereocenters. The number of aromatic nitrogens is 1. The summed E-state index contributed by atoms with van der Waals surface area (Å²) >= 11 is 0. The molecule has 0 radical (unpaired) electrons. The Morgan fingerprint density at radius 3 is 2.88 bits per heavy atom. The fourth-order valence-corrected chi connectivity index (χ4v) is 3.61. The van der Waals surface area contributed by atoms with Crippen molar-refractivity contribution in [2.75, 3.05) is 13.1 Å². The fourth-order valence-electron chi connectivity index (χ4n) is 3.61. The van der Waals surface area contributed by atoms with Crippen molar-refractivity contribution in [1.29, 1.82) is 0 Å². The van der Waals surface area contributed by atoms with Gasteiger partial charge in [-0.1, -0.05) is 29.4 Å². The first-order valence-electron chi connectivity index (χ1n) is 9.25. The van der Waals surface area contributed by atoms with E-state index in [2.05, 4.69) is 39.6 Å². The second-order valence-corrected chi connectivity index (χ2v) is 7.20. The van der Waals surface area contributed by atoms with Crippen LogP contribution in [-0.4, -0.2) is 29.1 Å². The topological polar surface area (TPSA) is 84.4 Å². The largest absolute Gasteiger partial charge is 0.369 e. The van der Waals surface area contributed by atoms with Gasteiger partial charge in [0, 0.05) is 31.7 Å². The third kappa shape index (κ3) is 4.71. The average molecular weight is 356 g/mol. The van der Waals surface area contributed by atoms with Crippen LogP contribution in [0.1, 0.15) is 41.0 Å². The van der Waals surface area contributed by atoms with Crippen LogP contribution in [0.2, 0.25) is 0 Å². The van der Waals surface area contributed by atoms with E-state index < -0.39 is 0 Å². The van der Waals surface area contributed by atoms with Crippen molar-refractivity contribution < 1.29 is 9.32 Å². The first-order chi connectivity index (χ1) is 12.5. The van der Waals surface area contributed by atoms with Gasteiger partial charge in [-0.25, -0.2) is 0 Å². The zero-order chi connectivity index (χ0) is 18.5. The molecule has 2 heterocycles. The molecular weight excluding hydrogens is 328 g/mol. The van der Waals surface area contributed by atoms with E-state index in [1.54, 1.807) is 0 Å². The number of hydrogen-bond donors (Lipinski definition) is 2. The molecule has 0 saturated carbocycles. The Morgan fingerprint density at radius 1 is 1.35 bits per heavy atom. The van der Waals surface area contributed by atoms with Crippen LogP contribution in [0, 0.1) is 19.8 Å². The summed E-state index contributed by atoms with van der Waals surface area (Å²) in [7, 11) is 0. The molecule has 26 heavy (non-hydrogen) atoms. The Kier molecular flexibility index (Phi) is 6.06. The van der Waals surface area contributed by atoms with E-state index in [1.807, 2.05) is 13.8 Å². The number of nitrogens with zero attached hydrogens (tertiary/aromatic N) is 2. The van der Waals surface area contributed by atoms with Gasteiger partial charge in [-0.2, -0.15) is 0 Å². The quantitative estimate of drug-likeness (QED) is 0.795. The molecule has 0 aliphatic carbocycles. The third-order valence-corrected chi connectivity index (χ3v) is 5.12. The monoisotopic (exact) mass is 356 g/mol. The number of piperidine rings is 1. The summed E-state index contributed by atoms with van der Waals surface area (Å²) in [6.07, 6.45) is 1.95. The lowest BCUT2D eigenvalue weighted by molar-refractivity contribution is -0.123. The van der Waals surface area contributed by atoms with Gasteiger partial charge in [-0.3, -0.25) is 9.69 Å². The van der Waals surface area contributed by atoms with Crippen LogP contribution in [0.3, 0.4) is 0 Å². The number of primary amides is 1. The molecule has 1 aromatic carbocycles. The third-order valence-electron chi connectivity index (χ3n) is 5.12. The number of rotatable bonds is 7. The average Bonchev–Trinajstić information content (AvgIpc) is 2.94. The Hall–Kier alpha value is -2.18. The van der Waals surface area contributed by atoms with Gasteiger partial charge in [0.25, 0.3) is 0 Å². The summed E-state index contributed by atoms with van der Waals surface area (Å²) in [6, 6.07) is 8.60. The van der Waals surface area contributed by atoms with Crippen molar-refractivity contribution in [3.63, 3.8) is 0 Å². The Balaban J connectivity index is 1.54. The number of carbonyl (C=O) groups excluding carboxylic acids is 1. The van der Waals surface area contributed by atoms with Gasteiger partial charge in [-0.15, -0.1) is 0 Å². The van der Waals surface area contributed by atoms with Crippen molar-refractivity contribution in [2.24, 2.45) is 11.7 Å². The van der Waals surface area contributed by atoms with E-state index in [1.165, 1.54) is 11.1 Å². The first kappa shape index (κ1) is 18.6. The molecule has 1 aromatic heterocycles. The maximum absolute atomic E-state index is 11.4. The highest BCUT2D eigenvalue weighted by Crippen LogP contribution is 2.19. The molecule has 0 bridgehead atoms. The zero-order valence-corrected chi connectivity index (χ0v) is 15.6. The van der Waals surface area contributed by atoms with Crippen LogP contribution in [0.4, 0.5) is 0 Å². The van der Waals surface area contributed by atoms with E-state index in [0.717, 1.165) is 62.6 Å². The fraction of sp³-hybridized carbons (Fsp3) is 0.500. The van der Waals surface area contributed by atoms with E-state index in [9.17, 15) is 4.79 Å². The number of benzene rings is 1. The smallest absolute Gasteiger partial charge is 0.221 e.